The molecule has 0 saturated carbocycles. The lowest BCUT2D eigenvalue weighted by Crippen LogP contribution is -2.22. The number of hydroxylamine groups is 1. The van der Waals surface area contributed by atoms with Crippen LogP contribution in [0.5, 0.6) is 0 Å². The number of hydrogen-bond acceptors (Lipinski definition) is 2. The summed E-state index contributed by atoms with van der Waals surface area (Å²) in [6, 6.07) is 5.64. The van der Waals surface area contributed by atoms with E-state index in [0.29, 0.717) is 5.56 Å². The van der Waals surface area contributed by atoms with Crippen LogP contribution in [-0.2, 0) is 4.84 Å². The second-order valence-electron chi connectivity index (χ2n) is 3.74. The first-order valence-electron chi connectivity index (χ1n) is 5.06. The van der Waals surface area contributed by atoms with Crippen LogP contribution in [0.2, 0.25) is 0 Å². The molecule has 0 spiro atoms. The first-order valence-corrected chi connectivity index (χ1v) is 5.06. The number of nitrogens with one attached hydrogen (secondary N) is 2. The number of aromatic amines is 1. The van der Waals surface area contributed by atoms with E-state index in [9.17, 15) is 4.79 Å². The second kappa shape index (κ2) is 3.98. The van der Waals surface area contributed by atoms with Crippen LogP contribution < -0.4 is 5.48 Å². The predicted octanol–water partition coefficient (Wildman–Crippen LogP) is 2.08. The smallest absolute Gasteiger partial charge is 0.276 e. The molecular weight excluding hydrogens is 204 g/mol. The number of rotatable bonds is 2. The summed E-state index contributed by atoms with van der Waals surface area (Å²) in [6.07, 6.45) is 0. The number of hydrogen-bond donors (Lipinski definition) is 2. The molecule has 2 rings (SSSR count). The van der Waals surface area contributed by atoms with Crippen molar-refractivity contribution >= 4 is 16.8 Å². The van der Waals surface area contributed by atoms with E-state index < -0.39 is 0 Å². The van der Waals surface area contributed by atoms with E-state index >= 15 is 0 Å². The molecule has 0 saturated heterocycles. The summed E-state index contributed by atoms with van der Waals surface area (Å²) in [5.74, 6) is -0.241. The Bertz CT molecular complexity index is 543. The van der Waals surface area contributed by atoms with Gasteiger partial charge in [0.1, 0.15) is 0 Å². The molecule has 1 aromatic heterocycles. The van der Waals surface area contributed by atoms with Crippen LogP contribution in [0.25, 0.3) is 10.9 Å². The number of benzene rings is 1. The van der Waals surface area contributed by atoms with E-state index in [0.717, 1.165) is 16.6 Å². The largest absolute Gasteiger partial charge is 0.358 e. The highest BCUT2D eigenvalue weighted by Gasteiger charge is 2.13. The fourth-order valence-electron chi connectivity index (χ4n) is 1.82. The van der Waals surface area contributed by atoms with Crippen LogP contribution in [0.15, 0.2) is 18.2 Å². The van der Waals surface area contributed by atoms with Gasteiger partial charge in [-0.15, -0.1) is 0 Å². The van der Waals surface area contributed by atoms with Crippen molar-refractivity contribution in [2.75, 3.05) is 7.11 Å². The van der Waals surface area contributed by atoms with Crippen molar-refractivity contribution in [2.24, 2.45) is 0 Å². The van der Waals surface area contributed by atoms with Crippen molar-refractivity contribution in [2.45, 2.75) is 13.8 Å². The summed E-state index contributed by atoms with van der Waals surface area (Å²) in [6.45, 7) is 4.03. The zero-order chi connectivity index (χ0) is 11.7. The SMILES string of the molecule is CONC(=O)c1cccc2c(C)c(C)[nH]c12. The zero-order valence-corrected chi connectivity index (χ0v) is 9.55. The summed E-state index contributed by atoms with van der Waals surface area (Å²) in [7, 11) is 1.42. The third-order valence-corrected chi connectivity index (χ3v) is 2.78. The third-order valence-electron chi connectivity index (χ3n) is 2.78. The monoisotopic (exact) mass is 218 g/mol. The Hall–Kier alpha value is -1.81. The molecule has 1 heterocycles. The van der Waals surface area contributed by atoms with Crippen LogP contribution in [0, 0.1) is 13.8 Å². The summed E-state index contributed by atoms with van der Waals surface area (Å²) in [4.78, 5) is 19.6. The average Bonchev–Trinajstić information content (AvgIpc) is 2.55. The van der Waals surface area contributed by atoms with Gasteiger partial charge in [-0.05, 0) is 25.5 Å². The maximum Gasteiger partial charge on any atom is 0.276 e. The highest BCUT2D eigenvalue weighted by molar-refractivity contribution is 6.06. The summed E-state index contributed by atoms with van der Waals surface area (Å²) in [5.41, 5.74) is 6.02. The van der Waals surface area contributed by atoms with Crippen molar-refractivity contribution in [3.8, 4) is 0 Å². The number of carbonyl (C=O) groups excluding carboxylic acids is 1. The molecular formula is C12H14N2O2. The van der Waals surface area contributed by atoms with Crippen molar-refractivity contribution in [1.82, 2.24) is 10.5 Å². The Labute approximate surface area is 93.6 Å². The van der Waals surface area contributed by atoms with Gasteiger partial charge in [-0.2, -0.15) is 0 Å². The van der Waals surface area contributed by atoms with Gasteiger partial charge in [0.15, 0.2) is 0 Å². The van der Waals surface area contributed by atoms with Gasteiger partial charge in [0.25, 0.3) is 5.91 Å². The summed E-state index contributed by atoms with van der Waals surface area (Å²) in [5, 5.41) is 1.07. The van der Waals surface area contributed by atoms with E-state index in [-0.39, 0.29) is 5.91 Å². The lowest BCUT2D eigenvalue weighted by atomic mass is 10.1. The fourth-order valence-corrected chi connectivity index (χ4v) is 1.82. The van der Waals surface area contributed by atoms with Gasteiger partial charge in [-0.25, -0.2) is 5.48 Å². The van der Waals surface area contributed by atoms with Crippen molar-refractivity contribution in [3.63, 3.8) is 0 Å². The molecule has 0 atom stereocenters. The normalized spacial score (nSPS) is 10.7. The minimum Gasteiger partial charge on any atom is -0.358 e. The average molecular weight is 218 g/mol. The molecule has 84 valence electrons. The van der Waals surface area contributed by atoms with Crippen LogP contribution in [-0.4, -0.2) is 18.0 Å². The molecule has 0 aliphatic carbocycles. The fraction of sp³-hybridized carbons (Fsp3) is 0.250. The highest BCUT2D eigenvalue weighted by atomic mass is 16.6. The predicted molar refractivity (Wildman–Crippen MR) is 62.2 cm³/mol. The van der Waals surface area contributed by atoms with E-state index in [1.807, 2.05) is 26.0 Å². The highest BCUT2D eigenvalue weighted by Crippen LogP contribution is 2.23. The molecule has 1 aromatic carbocycles. The Morgan fingerprint density at radius 1 is 1.38 bits per heavy atom. The minimum absolute atomic E-state index is 0.241. The molecule has 0 radical (unpaired) electrons. The minimum atomic E-state index is -0.241. The van der Waals surface area contributed by atoms with Gasteiger partial charge < -0.3 is 4.98 Å². The first kappa shape index (κ1) is 10.7. The standard InChI is InChI=1S/C12H14N2O2/c1-7-8(2)13-11-9(7)5-4-6-10(11)12(15)14-16-3/h4-6,13H,1-3H3,(H,14,15). The molecule has 2 aromatic rings. The van der Waals surface area contributed by atoms with Crippen LogP contribution >= 0.6 is 0 Å². The van der Waals surface area contributed by atoms with Crippen LogP contribution in [0.4, 0.5) is 0 Å². The van der Waals surface area contributed by atoms with E-state index in [2.05, 4.69) is 15.3 Å². The molecule has 1 amide bonds. The molecule has 0 aliphatic rings. The topological polar surface area (TPSA) is 54.1 Å². The number of aryl methyl sites for hydroxylation is 2. The molecule has 0 aliphatic heterocycles. The lowest BCUT2D eigenvalue weighted by Gasteiger charge is -2.03. The van der Waals surface area contributed by atoms with Gasteiger partial charge in [-0.1, -0.05) is 12.1 Å². The van der Waals surface area contributed by atoms with Crippen molar-refractivity contribution < 1.29 is 9.63 Å². The van der Waals surface area contributed by atoms with E-state index in [4.69, 9.17) is 0 Å². The van der Waals surface area contributed by atoms with Crippen LogP contribution in [0.3, 0.4) is 0 Å². The number of fused-ring (bicyclic) bond motifs is 1. The molecule has 0 unspecified atom stereocenters. The lowest BCUT2D eigenvalue weighted by molar-refractivity contribution is 0.0539. The molecule has 0 fully saturated rings. The zero-order valence-electron chi connectivity index (χ0n) is 9.55. The Balaban J connectivity index is 2.62. The van der Waals surface area contributed by atoms with Gasteiger partial charge in [0.2, 0.25) is 0 Å². The number of H-pyrrole nitrogens is 1. The molecule has 2 N–H and O–H groups in total. The molecule has 4 nitrogen and oxygen atoms in total. The number of aromatic nitrogens is 1. The Morgan fingerprint density at radius 2 is 2.12 bits per heavy atom. The maximum absolute atomic E-state index is 11.7. The van der Waals surface area contributed by atoms with Gasteiger partial charge >= 0.3 is 0 Å². The first-order chi connectivity index (χ1) is 7.65. The molecule has 16 heavy (non-hydrogen) atoms. The number of para-hydroxylation sites is 1. The van der Waals surface area contributed by atoms with Crippen molar-refractivity contribution in [1.29, 1.82) is 0 Å². The van der Waals surface area contributed by atoms with E-state index in [1.165, 1.54) is 12.7 Å². The molecule has 0 bridgehead atoms. The quantitative estimate of drug-likeness (QED) is 0.758. The second-order valence-corrected chi connectivity index (χ2v) is 3.74. The summed E-state index contributed by atoms with van der Waals surface area (Å²) >= 11 is 0. The molecule has 4 heteroatoms. The van der Waals surface area contributed by atoms with Crippen molar-refractivity contribution in [3.05, 3.63) is 35.0 Å². The van der Waals surface area contributed by atoms with Gasteiger partial charge in [0.05, 0.1) is 18.2 Å². The Morgan fingerprint density at radius 3 is 2.81 bits per heavy atom. The van der Waals surface area contributed by atoms with Crippen LogP contribution in [0.1, 0.15) is 21.6 Å². The third kappa shape index (κ3) is 1.57. The van der Waals surface area contributed by atoms with Gasteiger partial charge in [-0.3, -0.25) is 9.63 Å². The summed E-state index contributed by atoms with van der Waals surface area (Å²) < 4.78 is 0. The number of carbonyl (C=O) groups is 1. The van der Waals surface area contributed by atoms with E-state index in [1.54, 1.807) is 6.07 Å². The number of amides is 1. The maximum atomic E-state index is 11.7. The van der Waals surface area contributed by atoms with Gasteiger partial charge in [0, 0.05) is 11.1 Å². The Kier molecular flexibility index (Phi) is 2.66.